The molecule has 3 N–H and O–H groups in total. The average molecular weight is 301 g/mol. The maximum absolute atomic E-state index is 13.0. The van der Waals surface area contributed by atoms with Crippen molar-refractivity contribution in [3.8, 4) is 5.69 Å². The summed E-state index contributed by atoms with van der Waals surface area (Å²) in [5.74, 6) is -0.788. The van der Waals surface area contributed by atoms with Gasteiger partial charge in [0.2, 0.25) is 0 Å². The number of benzene rings is 1. The van der Waals surface area contributed by atoms with E-state index in [1.54, 1.807) is 0 Å². The summed E-state index contributed by atoms with van der Waals surface area (Å²) < 4.78 is 14.3. The van der Waals surface area contributed by atoms with E-state index in [0.717, 1.165) is 0 Å². The third kappa shape index (κ3) is 2.14. The zero-order valence-electron chi connectivity index (χ0n) is 11.6. The fourth-order valence-electron chi connectivity index (χ4n) is 2.20. The van der Waals surface area contributed by atoms with Crippen LogP contribution in [0.2, 0.25) is 0 Å². The number of carbonyl (C=O) groups is 1. The van der Waals surface area contributed by atoms with Crippen molar-refractivity contribution in [2.24, 2.45) is 5.73 Å². The Bertz CT molecular complexity index is 927. The van der Waals surface area contributed by atoms with Crippen LogP contribution in [0, 0.1) is 5.82 Å². The number of carbonyl (C=O) groups excluding carboxylic acids is 1. The van der Waals surface area contributed by atoms with Crippen LogP contribution in [0.5, 0.6) is 0 Å². The van der Waals surface area contributed by atoms with Crippen LogP contribution in [0.4, 0.5) is 4.39 Å². The zero-order valence-corrected chi connectivity index (χ0v) is 11.6. The SMILES string of the molecule is CCc1nc(C(N)=O)c2[nH]c(=O)n(-c3ccc(F)cc3)c2n1. The number of rotatable bonds is 3. The lowest BCUT2D eigenvalue weighted by Crippen LogP contribution is -2.16. The highest BCUT2D eigenvalue weighted by Crippen LogP contribution is 2.17. The molecule has 22 heavy (non-hydrogen) atoms. The van der Waals surface area contributed by atoms with Crippen LogP contribution >= 0.6 is 0 Å². The van der Waals surface area contributed by atoms with Crippen molar-refractivity contribution in [1.82, 2.24) is 19.5 Å². The average Bonchev–Trinajstić information content (AvgIpc) is 2.82. The molecule has 0 radical (unpaired) electrons. The van der Waals surface area contributed by atoms with Crippen molar-refractivity contribution in [3.05, 3.63) is 52.1 Å². The predicted molar refractivity (Wildman–Crippen MR) is 77.3 cm³/mol. The number of imidazole rings is 1. The summed E-state index contributed by atoms with van der Waals surface area (Å²) in [4.78, 5) is 34.6. The molecule has 0 bridgehead atoms. The smallest absolute Gasteiger partial charge is 0.332 e. The lowest BCUT2D eigenvalue weighted by molar-refractivity contribution is 0.0996. The first-order valence-electron chi connectivity index (χ1n) is 6.58. The van der Waals surface area contributed by atoms with Gasteiger partial charge in [0.05, 0.1) is 5.69 Å². The Morgan fingerprint density at radius 2 is 2.00 bits per heavy atom. The van der Waals surface area contributed by atoms with Crippen LogP contribution in [0.25, 0.3) is 16.9 Å². The molecule has 0 aliphatic heterocycles. The Kier molecular flexibility index (Phi) is 3.21. The fraction of sp³-hybridized carbons (Fsp3) is 0.143. The Morgan fingerprint density at radius 1 is 1.32 bits per heavy atom. The van der Waals surface area contributed by atoms with E-state index in [1.807, 2.05) is 6.92 Å². The van der Waals surface area contributed by atoms with Gasteiger partial charge >= 0.3 is 5.69 Å². The Labute approximate surface area is 123 Å². The van der Waals surface area contributed by atoms with Gasteiger partial charge in [-0.05, 0) is 24.3 Å². The lowest BCUT2D eigenvalue weighted by atomic mass is 10.3. The summed E-state index contributed by atoms with van der Waals surface area (Å²) in [6, 6.07) is 5.36. The van der Waals surface area contributed by atoms with Crippen LogP contribution in [0.1, 0.15) is 23.2 Å². The van der Waals surface area contributed by atoms with Gasteiger partial charge in [-0.15, -0.1) is 0 Å². The number of nitrogens with one attached hydrogen (secondary N) is 1. The van der Waals surface area contributed by atoms with Gasteiger partial charge in [-0.3, -0.25) is 4.79 Å². The number of aryl methyl sites for hydroxylation is 1. The molecule has 7 nitrogen and oxygen atoms in total. The van der Waals surface area contributed by atoms with E-state index < -0.39 is 17.4 Å². The molecule has 0 saturated heterocycles. The van der Waals surface area contributed by atoms with Gasteiger partial charge < -0.3 is 10.7 Å². The second-order valence-corrected chi connectivity index (χ2v) is 4.65. The minimum absolute atomic E-state index is 0.0418. The molecule has 1 aromatic carbocycles. The maximum Gasteiger partial charge on any atom is 0.332 e. The molecule has 8 heteroatoms. The van der Waals surface area contributed by atoms with Crippen molar-refractivity contribution in [2.45, 2.75) is 13.3 Å². The molecule has 0 spiro atoms. The second-order valence-electron chi connectivity index (χ2n) is 4.65. The molecule has 2 aromatic heterocycles. The van der Waals surface area contributed by atoms with Crippen LogP contribution in [-0.4, -0.2) is 25.4 Å². The molecule has 3 aromatic rings. The molecule has 0 atom stereocenters. The van der Waals surface area contributed by atoms with Gasteiger partial charge in [0.25, 0.3) is 5.91 Å². The summed E-state index contributed by atoms with van der Waals surface area (Å²) in [7, 11) is 0. The number of amides is 1. The van der Waals surface area contributed by atoms with Crippen molar-refractivity contribution < 1.29 is 9.18 Å². The fourth-order valence-corrected chi connectivity index (χ4v) is 2.20. The van der Waals surface area contributed by atoms with E-state index in [9.17, 15) is 14.0 Å². The van der Waals surface area contributed by atoms with E-state index in [2.05, 4.69) is 15.0 Å². The predicted octanol–water partition coefficient (Wildman–Crippen LogP) is 0.909. The van der Waals surface area contributed by atoms with E-state index in [4.69, 9.17) is 5.73 Å². The molecule has 0 unspecified atom stereocenters. The monoisotopic (exact) mass is 301 g/mol. The lowest BCUT2D eigenvalue weighted by Gasteiger charge is -2.05. The number of fused-ring (bicyclic) bond motifs is 1. The molecular formula is C14H12FN5O2. The summed E-state index contributed by atoms with van der Waals surface area (Å²) in [6.07, 6.45) is 0.471. The number of H-pyrrole nitrogens is 1. The van der Waals surface area contributed by atoms with E-state index in [-0.39, 0.29) is 16.9 Å². The summed E-state index contributed by atoms with van der Waals surface area (Å²) in [5, 5.41) is 0. The summed E-state index contributed by atoms with van der Waals surface area (Å²) >= 11 is 0. The highest BCUT2D eigenvalue weighted by molar-refractivity contribution is 6.01. The number of aromatic nitrogens is 4. The molecular weight excluding hydrogens is 289 g/mol. The van der Waals surface area contributed by atoms with Gasteiger partial charge in [-0.2, -0.15) is 0 Å². The van der Waals surface area contributed by atoms with Crippen molar-refractivity contribution in [3.63, 3.8) is 0 Å². The number of halogens is 1. The number of nitrogens with two attached hydrogens (primary N) is 1. The van der Waals surface area contributed by atoms with Crippen molar-refractivity contribution >= 4 is 17.1 Å². The van der Waals surface area contributed by atoms with Gasteiger partial charge in [-0.1, -0.05) is 6.92 Å². The molecule has 2 heterocycles. The first-order valence-corrected chi connectivity index (χ1v) is 6.58. The number of primary amides is 1. The summed E-state index contributed by atoms with van der Waals surface area (Å²) in [5.41, 5.74) is 5.59. The number of aromatic amines is 1. The minimum Gasteiger partial charge on any atom is -0.364 e. The van der Waals surface area contributed by atoms with E-state index in [1.165, 1.54) is 28.8 Å². The molecule has 3 rings (SSSR count). The molecule has 112 valence electrons. The minimum atomic E-state index is -0.755. The molecule has 0 fully saturated rings. The van der Waals surface area contributed by atoms with E-state index in [0.29, 0.717) is 17.9 Å². The van der Waals surface area contributed by atoms with Crippen molar-refractivity contribution in [2.75, 3.05) is 0 Å². The summed E-state index contributed by atoms with van der Waals surface area (Å²) in [6.45, 7) is 1.82. The molecule has 1 amide bonds. The molecule has 0 saturated carbocycles. The first kappa shape index (κ1) is 13.9. The molecule has 0 aliphatic rings. The van der Waals surface area contributed by atoms with Gasteiger partial charge in [-0.25, -0.2) is 23.7 Å². The van der Waals surface area contributed by atoms with Gasteiger partial charge in [0.1, 0.15) is 17.2 Å². The highest BCUT2D eigenvalue weighted by Gasteiger charge is 2.18. The zero-order chi connectivity index (χ0) is 15.9. The highest BCUT2D eigenvalue weighted by atomic mass is 19.1. The third-order valence-electron chi connectivity index (χ3n) is 3.22. The third-order valence-corrected chi connectivity index (χ3v) is 3.22. The largest absolute Gasteiger partial charge is 0.364 e. The van der Waals surface area contributed by atoms with Crippen molar-refractivity contribution in [1.29, 1.82) is 0 Å². The van der Waals surface area contributed by atoms with Crippen LogP contribution in [0.15, 0.2) is 29.1 Å². The van der Waals surface area contributed by atoms with Gasteiger partial charge in [0.15, 0.2) is 11.3 Å². The Balaban J connectivity index is 2.38. The Hall–Kier alpha value is -3.03. The molecule has 0 aliphatic carbocycles. The first-order chi connectivity index (χ1) is 10.5. The normalized spacial score (nSPS) is 11.0. The second kappa shape index (κ2) is 5.06. The Morgan fingerprint density at radius 3 is 2.59 bits per heavy atom. The van der Waals surface area contributed by atoms with Crippen LogP contribution in [0.3, 0.4) is 0 Å². The van der Waals surface area contributed by atoms with Gasteiger partial charge in [0, 0.05) is 6.42 Å². The standard InChI is InChI=1S/C14H12FN5O2/c1-2-9-17-10(12(16)21)11-13(18-9)20(14(22)19-11)8-5-3-7(15)4-6-8/h3-6H,2H2,1H3,(H2,16,21)(H,19,22). The topological polar surface area (TPSA) is 107 Å². The number of hydrogen-bond donors (Lipinski definition) is 2. The van der Waals surface area contributed by atoms with E-state index >= 15 is 0 Å². The maximum atomic E-state index is 13.0. The van der Waals surface area contributed by atoms with Crippen LogP contribution in [-0.2, 0) is 6.42 Å². The number of nitrogens with zero attached hydrogens (tertiary/aromatic N) is 3. The van der Waals surface area contributed by atoms with Crippen LogP contribution < -0.4 is 11.4 Å². The number of hydrogen-bond acceptors (Lipinski definition) is 4. The quantitative estimate of drug-likeness (QED) is 0.749.